The number of aromatic nitrogens is 1. The van der Waals surface area contributed by atoms with Gasteiger partial charge in [-0.3, -0.25) is 9.36 Å². The highest BCUT2D eigenvalue weighted by atomic mass is 79.9. The number of ether oxygens (including phenoxy) is 1. The Morgan fingerprint density at radius 3 is 2.50 bits per heavy atom. The summed E-state index contributed by atoms with van der Waals surface area (Å²) in [4.78, 5) is 35.1. The maximum absolute atomic E-state index is 14.0. The molecule has 1 saturated heterocycles. The van der Waals surface area contributed by atoms with Crippen LogP contribution in [0.1, 0.15) is 49.1 Å². The van der Waals surface area contributed by atoms with Crippen LogP contribution in [0.4, 0.5) is 5.88 Å². The number of furan rings is 1. The number of esters is 1. The first-order valence-electron chi connectivity index (χ1n) is 13.4. The number of hydrogen-bond acceptors (Lipinski definition) is 7. The first-order valence-corrected chi connectivity index (χ1v) is 15.0. The number of benzene rings is 2. The molecule has 0 aliphatic carbocycles. The van der Waals surface area contributed by atoms with Gasteiger partial charge < -0.3 is 14.1 Å². The Bertz CT molecular complexity index is 1750. The van der Waals surface area contributed by atoms with Crippen molar-refractivity contribution >= 4 is 50.9 Å². The highest BCUT2D eigenvalue weighted by molar-refractivity contribution is 9.10. The molecule has 0 radical (unpaired) electrons. The molecule has 0 N–H and O–H groups in total. The fourth-order valence-electron chi connectivity index (χ4n) is 5.28. The van der Waals surface area contributed by atoms with E-state index in [2.05, 4.69) is 20.8 Å². The summed E-state index contributed by atoms with van der Waals surface area (Å²) in [5.74, 6) is 0.882. The van der Waals surface area contributed by atoms with Crippen LogP contribution in [0.2, 0.25) is 0 Å². The molecule has 40 heavy (non-hydrogen) atoms. The van der Waals surface area contributed by atoms with Gasteiger partial charge in [0, 0.05) is 30.8 Å². The van der Waals surface area contributed by atoms with Crippen LogP contribution in [0, 0.1) is 0 Å². The Morgan fingerprint density at radius 2 is 1.80 bits per heavy atom. The number of rotatable bonds is 6. The molecule has 4 heterocycles. The zero-order chi connectivity index (χ0) is 27.6. The maximum Gasteiger partial charge on any atom is 0.338 e. The molecule has 0 bridgehead atoms. The molecule has 7 nitrogen and oxygen atoms in total. The van der Waals surface area contributed by atoms with Gasteiger partial charge in [-0.2, -0.15) is 0 Å². The lowest BCUT2D eigenvalue weighted by Gasteiger charge is -2.26. The maximum atomic E-state index is 14.0. The quantitative estimate of drug-likeness (QED) is 0.275. The first-order chi connectivity index (χ1) is 19.5. The standard InChI is InChI=1S/C31H28BrN3O4S/c1-2-38-30(37)25-26(20-12-6-3-7-13-20)33-31-35(27(25)21-14-8-4-9-15-21)28(36)24(40-31)19-22-18-23(32)29(39-22)34-16-10-5-11-17-34/h3-4,6-9,12-15,18-19,27H,2,5,10-11,16-17H2,1H3/b24-19+/t27-/m1/s1. The molecule has 204 valence electrons. The fraction of sp³-hybridized carbons (Fsp3) is 0.258. The number of piperidine rings is 1. The van der Waals surface area contributed by atoms with E-state index in [-0.39, 0.29) is 12.2 Å². The van der Waals surface area contributed by atoms with Crippen molar-refractivity contribution in [2.75, 3.05) is 24.6 Å². The molecule has 0 spiro atoms. The highest BCUT2D eigenvalue weighted by Gasteiger charge is 2.35. The molecule has 1 fully saturated rings. The van der Waals surface area contributed by atoms with Crippen molar-refractivity contribution in [3.8, 4) is 0 Å². The largest absolute Gasteiger partial charge is 0.463 e. The lowest BCUT2D eigenvalue weighted by Crippen LogP contribution is -2.39. The number of carbonyl (C=O) groups is 1. The molecule has 0 saturated carbocycles. The van der Waals surface area contributed by atoms with Gasteiger partial charge in [0.25, 0.3) is 5.56 Å². The van der Waals surface area contributed by atoms with Crippen LogP contribution in [0.5, 0.6) is 0 Å². The molecule has 2 aromatic carbocycles. The van der Waals surface area contributed by atoms with Gasteiger partial charge in [0.15, 0.2) is 4.80 Å². The van der Waals surface area contributed by atoms with Crippen LogP contribution in [-0.2, 0) is 9.53 Å². The van der Waals surface area contributed by atoms with Crippen LogP contribution in [0.25, 0.3) is 11.8 Å². The minimum absolute atomic E-state index is 0.211. The summed E-state index contributed by atoms with van der Waals surface area (Å²) in [6, 6.07) is 20.3. The summed E-state index contributed by atoms with van der Waals surface area (Å²) >= 11 is 4.93. The number of fused-ring (bicyclic) bond motifs is 1. The second-order valence-corrected chi connectivity index (χ2v) is 11.6. The molecule has 2 aromatic heterocycles. The zero-order valence-electron chi connectivity index (χ0n) is 22.0. The second-order valence-electron chi connectivity index (χ2n) is 9.69. The topological polar surface area (TPSA) is 77.0 Å². The lowest BCUT2D eigenvalue weighted by atomic mass is 9.93. The monoisotopic (exact) mass is 617 g/mol. The fourth-order valence-corrected chi connectivity index (χ4v) is 6.82. The van der Waals surface area contributed by atoms with E-state index in [0.717, 1.165) is 47.4 Å². The lowest BCUT2D eigenvalue weighted by molar-refractivity contribution is -0.138. The van der Waals surface area contributed by atoms with Crippen LogP contribution in [0.3, 0.4) is 0 Å². The summed E-state index contributed by atoms with van der Waals surface area (Å²) in [5.41, 5.74) is 2.19. The number of hydrogen-bond donors (Lipinski definition) is 0. The van der Waals surface area contributed by atoms with Crippen molar-refractivity contribution in [1.29, 1.82) is 0 Å². The van der Waals surface area contributed by atoms with Gasteiger partial charge >= 0.3 is 5.97 Å². The number of carbonyl (C=O) groups excluding carboxylic acids is 1. The van der Waals surface area contributed by atoms with Crippen molar-refractivity contribution in [3.05, 3.63) is 113 Å². The van der Waals surface area contributed by atoms with E-state index in [1.807, 2.05) is 66.7 Å². The van der Waals surface area contributed by atoms with Crippen LogP contribution < -0.4 is 19.8 Å². The number of thiazole rings is 1. The average molecular weight is 619 g/mol. The Morgan fingerprint density at radius 1 is 1.10 bits per heavy atom. The SMILES string of the molecule is CCOC(=O)C1=C(c2ccccc2)N=c2s/c(=C/c3cc(Br)c(N4CCCCC4)o3)c(=O)n2[C@@H]1c1ccccc1. The van der Waals surface area contributed by atoms with Gasteiger partial charge in [-0.15, -0.1) is 0 Å². The van der Waals surface area contributed by atoms with Crippen LogP contribution >= 0.6 is 27.3 Å². The third kappa shape index (κ3) is 4.99. The third-order valence-electron chi connectivity index (χ3n) is 7.09. The van der Waals surface area contributed by atoms with E-state index in [4.69, 9.17) is 14.1 Å². The van der Waals surface area contributed by atoms with Crippen molar-refractivity contribution in [1.82, 2.24) is 4.57 Å². The van der Waals surface area contributed by atoms with E-state index in [0.29, 0.717) is 26.4 Å². The average Bonchev–Trinajstić information content (AvgIpc) is 3.51. The Kier molecular flexibility index (Phi) is 7.58. The molecular formula is C31H28BrN3O4S. The number of nitrogens with zero attached hydrogens (tertiary/aromatic N) is 3. The number of halogens is 1. The summed E-state index contributed by atoms with van der Waals surface area (Å²) in [7, 11) is 0. The predicted octanol–water partition coefficient (Wildman–Crippen LogP) is 5.28. The van der Waals surface area contributed by atoms with Gasteiger partial charge in [-0.25, -0.2) is 9.79 Å². The zero-order valence-corrected chi connectivity index (χ0v) is 24.4. The van der Waals surface area contributed by atoms with Gasteiger partial charge in [-0.1, -0.05) is 72.0 Å². The molecule has 9 heteroatoms. The van der Waals surface area contributed by atoms with Crippen LogP contribution in [0.15, 0.2) is 91.0 Å². The van der Waals surface area contributed by atoms with Gasteiger partial charge in [-0.05, 0) is 47.7 Å². The minimum Gasteiger partial charge on any atom is -0.463 e. The van der Waals surface area contributed by atoms with E-state index in [1.54, 1.807) is 17.6 Å². The van der Waals surface area contributed by atoms with Gasteiger partial charge in [0.05, 0.1) is 32.9 Å². The van der Waals surface area contributed by atoms with Crippen molar-refractivity contribution in [2.24, 2.45) is 4.99 Å². The van der Waals surface area contributed by atoms with E-state index < -0.39 is 12.0 Å². The minimum atomic E-state index is -0.693. The summed E-state index contributed by atoms with van der Waals surface area (Å²) in [6.45, 7) is 3.88. The Balaban J connectivity index is 1.55. The normalized spacial score (nSPS) is 17.5. The highest BCUT2D eigenvalue weighted by Crippen LogP contribution is 2.35. The summed E-state index contributed by atoms with van der Waals surface area (Å²) < 4.78 is 14.7. The van der Waals surface area contributed by atoms with E-state index in [1.165, 1.54) is 17.8 Å². The molecule has 6 rings (SSSR count). The van der Waals surface area contributed by atoms with Crippen molar-refractivity contribution in [3.63, 3.8) is 0 Å². The molecular weight excluding hydrogens is 590 g/mol. The predicted molar refractivity (Wildman–Crippen MR) is 160 cm³/mol. The molecule has 0 unspecified atom stereocenters. The molecule has 2 aliphatic rings. The molecule has 0 amide bonds. The summed E-state index contributed by atoms with van der Waals surface area (Å²) in [6.07, 6.45) is 5.25. The Labute approximate surface area is 243 Å². The van der Waals surface area contributed by atoms with Crippen molar-refractivity contribution in [2.45, 2.75) is 32.2 Å². The first kappa shape index (κ1) is 26.5. The van der Waals surface area contributed by atoms with Gasteiger partial charge in [0.1, 0.15) is 5.76 Å². The van der Waals surface area contributed by atoms with E-state index in [9.17, 15) is 9.59 Å². The van der Waals surface area contributed by atoms with Gasteiger partial charge in [0.2, 0.25) is 5.88 Å². The third-order valence-corrected chi connectivity index (χ3v) is 8.64. The molecule has 4 aromatic rings. The second kappa shape index (κ2) is 11.4. The van der Waals surface area contributed by atoms with E-state index >= 15 is 0 Å². The molecule has 1 atom stereocenters. The molecule has 2 aliphatic heterocycles. The Hall–Kier alpha value is -3.69. The van der Waals surface area contributed by atoms with Crippen molar-refractivity contribution < 1.29 is 13.9 Å². The van der Waals surface area contributed by atoms with Crippen LogP contribution in [-0.4, -0.2) is 30.2 Å². The number of anilines is 1. The summed E-state index contributed by atoms with van der Waals surface area (Å²) in [5, 5.41) is 0. The smallest absolute Gasteiger partial charge is 0.338 e.